The van der Waals surface area contributed by atoms with Crippen LogP contribution in [-0.2, 0) is 6.54 Å². The quantitative estimate of drug-likeness (QED) is 0.468. The molecule has 0 saturated heterocycles. The molecule has 0 aromatic heterocycles. The first kappa shape index (κ1) is 12.1. The molecule has 17 heavy (non-hydrogen) atoms. The third kappa shape index (κ3) is 2.84. The average molecular weight is 233 g/mol. The molecule has 3 N–H and O–H groups in total. The van der Waals surface area contributed by atoms with Crippen LogP contribution >= 0.6 is 0 Å². The first-order valence-electron chi connectivity index (χ1n) is 6.01. The summed E-state index contributed by atoms with van der Waals surface area (Å²) in [5.74, 6) is 4.83. The molecule has 0 bridgehead atoms. The van der Waals surface area contributed by atoms with Crippen LogP contribution in [-0.4, -0.2) is 23.9 Å². The zero-order valence-electron chi connectivity index (χ0n) is 10.1. The summed E-state index contributed by atoms with van der Waals surface area (Å²) in [5.41, 5.74) is 3.96. The zero-order chi connectivity index (χ0) is 12.3. The minimum atomic E-state index is -0.246. The SMILES string of the molecule is CN(Cc1ccc(C(=O)NN)cc1)C1CCC1. The van der Waals surface area contributed by atoms with Gasteiger partial charge >= 0.3 is 0 Å². The number of rotatable bonds is 4. The van der Waals surface area contributed by atoms with Gasteiger partial charge < -0.3 is 0 Å². The van der Waals surface area contributed by atoms with Gasteiger partial charge in [-0.3, -0.25) is 15.1 Å². The van der Waals surface area contributed by atoms with Gasteiger partial charge in [-0.05, 0) is 37.6 Å². The standard InChI is InChI=1S/C13H19N3O/c1-16(12-3-2-4-12)9-10-5-7-11(8-6-10)13(17)15-14/h5-8,12H,2-4,9,14H2,1H3,(H,15,17). The van der Waals surface area contributed by atoms with Crippen LogP contribution in [0.5, 0.6) is 0 Å². The summed E-state index contributed by atoms with van der Waals surface area (Å²) in [7, 11) is 2.16. The molecular formula is C13H19N3O. The molecule has 1 fully saturated rings. The molecule has 0 heterocycles. The van der Waals surface area contributed by atoms with Gasteiger partial charge in [0.1, 0.15) is 0 Å². The Bertz CT molecular complexity index is 384. The second-order valence-corrected chi connectivity index (χ2v) is 4.67. The van der Waals surface area contributed by atoms with E-state index in [-0.39, 0.29) is 5.91 Å². The van der Waals surface area contributed by atoms with E-state index in [4.69, 9.17) is 5.84 Å². The van der Waals surface area contributed by atoms with Gasteiger partial charge in [0, 0.05) is 18.2 Å². The summed E-state index contributed by atoms with van der Waals surface area (Å²) in [6.07, 6.45) is 3.97. The number of carbonyl (C=O) groups excluding carboxylic acids is 1. The lowest BCUT2D eigenvalue weighted by Gasteiger charge is -2.34. The predicted molar refractivity (Wildman–Crippen MR) is 67.2 cm³/mol. The Balaban J connectivity index is 1.95. The number of nitrogens with zero attached hydrogens (tertiary/aromatic N) is 1. The Morgan fingerprint density at radius 2 is 2.06 bits per heavy atom. The number of nitrogens with two attached hydrogens (primary N) is 1. The second kappa shape index (κ2) is 5.29. The molecule has 92 valence electrons. The molecular weight excluding hydrogens is 214 g/mol. The summed E-state index contributed by atoms with van der Waals surface area (Å²) in [6, 6.07) is 8.33. The molecule has 1 aliphatic carbocycles. The summed E-state index contributed by atoms with van der Waals surface area (Å²) in [5, 5.41) is 0. The summed E-state index contributed by atoms with van der Waals surface area (Å²) in [4.78, 5) is 13.6. The number of carbonyl (C=O) groups is 1. The molecule has 1 aliphatic rings. The van der Waals surface area contributed by atoms with Crippen LogP contribution in [0.3, 0.4) is 0 Å². The van der Waals surface area contributed by atoms with E-state index in [1.54, 1.807) is 0 Å². The minimum Gasteiger partial charge on any atom is -0.299 e. The highest BCUT2D eigenvalue weighted by Crippen LogP contribution is 2.24. The molecule has 1 aromatic carbocycles. The normalized spacial score (nSPS) is 15.7. The van der Waals surface area contributed by atoms with Crippen molar-refractivity contribution in [3.8, 4) is 0 Å². The number of hydrogen-bond acceptors (Lipinski definition) is 3. The Labute approximate surface area is 102 Å². The fourth-order valence-electron chi connectivity index (χ4n) is 2.09. The number of amides is 1. The van der Waals surface area contributed by atoms with Gasteiger partial charge in [0.15, 0.2) is 0 Å². The van der Waals surface area contributed by atoms with Crippen molar-refractivity contribution in [3.05, 3.63) is 35.4 Å². The van der Waals surface area contributed by atoms with Gasteiger partial charge in [0.05, 0.1) is 0 Å². The lowest BCUT2D eigenvalue weighted by atomic mass is 9.91. The zero-order valence-corrected chi connectivity index (χ0v) is 10.1. The minimum absolute atomic E-state index is 0.246. The van der Waals surface area contributed by atoms with Crippen LogP contribution in [0.25, 0.3) is 0 Å². The average Bonchev–Trinajstić information content (AvgIpc) is 2.26. The summed E-state index contributed by atoms with van der Waals surface area (Å²) >= 11 is 0. The van der Waals surface area contributed by atoms with Crippen molar-refractivity contribution in [3.63, 3.8) is 0 Å². The van der Waals surface area contributed by atoms with Crippen molar-refractivity contribution >= 4 is 5.91 Å². The van der Waals surface area contributed by atoms with Gasteiger partial charge in [-0.15, -0.1) is 0 Å². The highest BCUT2D eigenvalue weighted by Gasteiger charge is 2.21. The van der Waals surface area contributed by atoms with Crippen LogP contribution < -0.4 is 11.3 Å². The monoisotopic (exact) mass is 233 g/mol. The van der Waals surface area contributed by atoms with Crippen molar-refractivity contribution < 1.29 is 4.79 Å². The van der Waals surface area contributed by atoms with Crippen molar-refractivity contribution in [2.45, 2.75) is 31.8 Å². The number of benzene rings is 1. The van der Waals surface area contributed by atoms with Crippen LogP contribution in [0.2, 0.25) is 0 Å². The lowest BCUT2D eigenvalue weighted by Crippen LogP contribution is -2.36. The molecule has 0 radical (unpaired) electrons. The van der Waals surface area contributed by atoms with E-state index < -0.39 is 0 Å². The van der Waals surface area contributed by atoms with E-state index in [0.29, 0.717) is 5.56 Å². The topological polar surface area (TPSA) is 58.4 Å². The van der Waals surface area contributed by atoms with E-state index in [0.717, 1.165) is 12.6 Å². The van der Waals surface area contributed by atoms with E-state index >= 15 is 0 Å². The van der Waals surface area contributed by atoms with Gasteiger partial charge in [0.2, 0.25) is 0 Å². The molecule has 2 rings (SSSR count). The smallest absolute Gasteiger partial charge is 0.265 e. The van der Waals surface area contributed by atoms with Crippen molar-refractivity contribution in [1.82, 2.24) is 10.3 Å². The molecule has 4 nitrogen and oxygen atoms in total. The number of hydrazine groups is 1. The predicted octanol–water partition coefficient (Wildman–Crippen LogP) is 1.27. The molecule has 1 saturated carbocycles. The maximum Gasteiger partial charge on any atom is 0.265 e. The largest absolute Gasteiger partial charge is 0.299 e. The number of hydrogen-bond donors (Lipinski definition) is 2. The van der Waals surface area contributed by atoms with Gasteiger partial charge in [-0.25, -0.2) is 5.84 Å². The summed E-state index contributed by atoms with van der Waals surface area (Å²) < 4.78 is 0. The second-order valence-electron chi connectivity index (χ2n) is 4.67. The molecule has 0 aliphatic heterocycles. The number of nitrogens with one attached hydrogen (secondary N) is 1. The molecule has 4 heteroatoms. The van der Waals surface area contributed by atoms with E-state index in [1.807, 2.05) is 24.3 Å². The fraction of sp³-hybridized carbons (Fsp3) is 0.462. The molecule has 1 aromatic rings. The van der Waals surface area contributed by atoms with Crippen molar-refractivity contribution in [1.29, 1.82) is 0 Å². The van der Waals surface area contributed by atoms with Gasteiger partial charge in [-0.2, -0.15) is 0 Å². The molecule has 1 amide bonds. The van der Waals surface area contributed by atoms with Crippen LogP contribution in [0.4, 0.5) is 0 Å². The van der Waals surface area contributed by atoms with E-state index in [1.165, 1.54) is 24.8 Å². The Morgan fingerprint density at radius 3 is 2.53 bits per heavy atom. The van der Waals surface area contributed by atoms with E-state index in [9.17, 15) is 4.79 Å². The van der Waals surface area contributed by atoms with Crippen LogP contribution in [0, 0.1) is 0 Å². The highest BCUT2D eigenvalue weighted by atomic mass is 16.2. The molecule has 0 spiro atoms. The lowest BCUT2D eigenvalue weighted by molar-refractivity contribution is 0.0953. The third-order valence-electron chi connectivity index (χ3n) is 3.48. The molecule has 0 atom stereocenters. The maximum absolute atomic E-state index is 11.3. The fourth-order valence-corrected chi connectivity index (χ4v) is 2.09. The van der Waals surface area contributed by atoms with E-state index in [2.05, 4.69) is 17.4 Å². The van der Waals surface area contributed by atoms with Crippen LogP contribution in [0.1, 0.15) is 35.2 Å². The Kier molecular flexibility index (Phi) is 3.76. The van der Waals surface area contributed by atoms with Crippen molar-refractivity contribution in [2.24, 2.45) is 5.84 Å². The Hall–Kier alpha value is -1.39. The first-order valence-corrected chi connectivity index (χ1v) is 6.01. The van der Waals surface area contributed by atoms with Crippen molar-refractivity contribution in [2.75, 3.05) is 7.05 Å². The van der Waals surface area contributed by atoms with Gasteiger partial charge in [0.25, 0.3) is 5.91 Å². The number of nitrogen functional groups attached to an aromatic ring is 1. The van der Waals surface area contributed by atoms with Gasteiger partial charge in [-0.1, -0.05) is 18.6 Å². The first-order chi connectivity index (χ1) is 8.20. The van der Waals surface area contributed by atoms with Crippen LogP contribution in [0.15, 0.2) is 24.3 Å². The third-order valence-corrected chi connectivity index (χ3v) is 3.48. The maximum atomic E-state index is 11.3. The molecule has 0 unspecified atom stereocenters. The highest BCUT2D eigenvalue weighted by molar-refractivity contribution is 5.93. The summed E-state index contributed by atoms with van der Waals surface area (Å²) in [6.45, 7) is 0.940. The Morgan fingerprint density at radius 1 is 1.41 bits per heavy atom.